The number of dihydropyridines is 1. The van der Waals surface area contributed by atoms with E-state index < -0.39 is 18.4 Å². The summed E-state index contributed by atoms with van der Waals surface area (Å²) in [5.74, 6) is 1.58. The number of aromatic nitrogens is 3. The van der Waals surface area contributed by atoms with E-state index in [-0.39, 0.29) is 24.9 Å². The number of allylic oxidation sites excluding steroid dienone is 1. The van der Waals surface area contributed by atoms with Crippen molar-refractivity contribution in [3.8, 4) is 17.3 Å². The number of hydrogen-bond donors (Lipinski definition) is 2. The molecule has 3 N–H and O–H groups in total. The zero-order valence-electron chi connectivity index (χ0n) is 25.0. The number of imidazole rings is 1. The van der Waals surface area contributed by atoms with Crippen LogP contribution in [0.3, 0.4) is 0 Å². The van der Waals surface area contributed by atoms with Crippen molar-refractivity contribution in [3.63, 3.8) is 0 Å². The Balaban J connectivity index is 1.22. The van der Waals surface area contributed by atoms with Crippen LogP contribution in [0, 0.1) is 5.92 Å². The first-order valence-corrected chi connectivity index (χ1v) is 15.3. The van der Waals surface area contributed by atoms with Gasteiger partial charge in [-0.15, -0.1) is 0 Å². The number of likely N-dealkylation sites (tertiary alicyclic amines) is 1. The van der Waals surface area contributed by atoms with Gasteiger partial charge in [0.25, 0.3) is 5.91 Å². The SMILES string of the molecule is COc1cc(C(=O)N2C[C@H](N)C[C@@H](F)C2)cc2nc(-c3cc4ccc(C5=CC6=NC(=O)NC6N=C5)cc4n3CC3CC3)n(C)c12. The number of piperidine rings is 1. The maximum Gasteiger partial charge on any atom is 0.343 e. The van der Waals surface area contributed by atoms with Crippen molar-refractivity contribution >= 4 is 51.4 Å². The molecular formula is C33H33FN8O3. The van der Waals surface area contributed by atoms with Gasteiger partial charge in [-0.2, -0.15) is 4.99 Å². The van der Waals surface area contributed by atoms with Gasteiger partial charge in [0, 0.05) is 54.4 Å². The number of fused-ring (bicyclic) bond motifs is 3. The average Bonchev–Trinajstić information content (AvgIpc) is 3.53. The summed E-state index contributed by atoms with van der Waals surface area (Å²) < 4.78 is 24.4. The van der Waals surface area contributed by atoms with Crippen LogP contribution in [0.25, 0.3) is 39.0 Å². The first-order valence-electron chi connectivity index (χ1n) is 15.3. The molecule has 12 heteroatoms. The Morgan fingerprint density at radius 1 is 1.18 bits per heavy atom. The summed E-state index contributed by atoms with van der Waals surface area (Å²) in [6.45, 7) is 1.19. The minimum atomic E-state index is -1.14. The van der Waals surface area contributed by atoms with E-state index in [1.807, 2.05) is 17.7 Å². The lowest BCUT2D eigenvalue weighted by atomic mass is 10.0. The number of amides is 3. The molecule has 230 valence electrons. The smallest absolute Gasteiger partial charge is 0.343 e. The highest BCUT2D eigenvalue weighted by molar-refractivity contribution is 6.25. The number of nitrogens with one attached hydrogen (secondary N) is 1. The Kier molecular flexibility index (Phi) is 6.38. The van der Waals surface area contributed by atoms with Crippen LogP contribution in [0.1, 0.15) is 35.2 Å². The molecule has 0 radical (unpaired) electrons. The van der Waals surface area contributed by atoms with Crippen molar-refractivity contribution in [1.82, 2.24) is 24.3 Å². The van der Waals surface area contributed by atoms with Gasteiger partial charge in [0.2, 0.25) is 0 Å². The number of methoxy groups -OCH3 is 1. The van der Waals surface area contributed by atoms with E-state index in [0.717, 1.165) is 45.6 Å². The first-order chi connectivity index (χ1) is 21.7. The molecule has 3 atom stereocenters. The van der Waals surface area contributed by atoms with Gasteiger partial charge >= 0.3 is 6.03 Å². The summed E-state index contributed by atoms with van der Waals surface area (Å²) in [7, 11) is 3.53. The van der Waals surface area contributed by atoms with E-state index in [1.165, 1.54) is 17.7 Å². The Bertz CT molecular complexity index is 1990. The highest BCUT2D eigenvalue weighted by Gasteiger charge is 2.31. The number of alkyl halides is 1. The van der Waals surface area contributed by atoms with Crippen LogP contribution in [0.2, 0.25) is 0 Å². The molecule has 5 heterocycles. The number of nitrogens with zero attached hydrogens (tertiary/aromatic N) is 6. The van der Waals surface area contributed by atoms with Gasteiger partial charge in [-0.05, 0) is 61.1 Å². The molecule has 2 fully saturated rings. The molecule has 4 aliphatic rings. The van der Waals surface area contributed by atoms with E-state index in [2.05, 4.69) is 44.1 Å². The molecule has 3 amide bonds. The number of carbonyl (C=O) groups excluding carboxylic acids is 2. The largest absolute Gasteiger partial charge is 0.494 e. The minimum absolute atomic E-state index is 0.0239. The van der Waals surface area contributed by atoms with Crippen molar-refractivity contribution in [3.05, 3.63) is 53.6 Å². The van der Waals surface area contributed by atoms with Gasteiger partial charge in [0.15, 0.2) is 12.0 Å². The van der Waals surface area contributed by atoms with Gasteiger partial charge in [-0.25, -0.2) is 14.2 Å². The summed E-state index contributed by atoms with van der Waals surface area (Å²) in [5, 5.41) is 3.80. The van der Waals surface area contributed by atoms with Gasteiger partial charge in [-0.3, -0.25) is 9.79 Å². The lowest BCUT2D eigenvalue weighted by molar-refractivity contribution is 0.0606. The van der Waals surface area contributed by atoms with Gasteiger partial charge in [0.05, 0.1) is 30.6 Å². The zero-order valence-corrected chi connectivity index (χ0v) is 25.0. The molecule has 0 spiro atoms. The van der Waals surface area contributed by atoms with Gasteiger partial charge in [-0.1, -0.05) is 12.1 Å². The third-order valence-corrected chi connectivity index (χ3v) is 9.16. The zero-order chi connectivity index (χ0) is 31.0. The number of aliphatic imine (C=N–C) groups is 2. The number of aryl methyl sites for hydroxylation is 1. The Labute approximate surface area is 258 Å². The van der Waals surface area contributed by atoms with E-state index in [9.17, 15) is 14.0 Å². The van der Waals surface area contributed by atoms with Crippen molar-refractivity contribution in [2.75, 3.05) is 20.2 Å². The highest BCUT2D eigenvalue weighted by atomic mass is 19.1. The summed E-state index contributed by atoms with van der Waals surface area (Å²) in [5.41, 5.74) is 12.3. The van der Waals surface area contributed by atoms with E-state index in [4.69, 9.17) is 15.5 Å². The number of benzene rings is 2. The molecule has 45 heavy (non-hydrogen) atoms. The molecule has 11 nitrogen and oxygen atoms in total. The maximum atomic E-state index is 14.3. The van der Waals surface area contributed by atoms with E-state index >= 15 is 0 Å². The summed E-state index contributed by atoms with van der Waals surface area (Å²) in [6.07, 6.45) is 4.75. The topological polar surface area (TPSA) is 132 Å². The van der Waals surface area contributed by atoms with Crippen molar-refractivity contribution in [1.29, 1.82) is 0 Å². The monoisotopic (exact) mass is 608 g/mol. The van der Waals surface area contributed by atoms with E-state index in [1.54, 1.807) is 25.5 Å². The molecule has 2 aromatic carbocycles. The average molecular weight is 609 g/mol. The van der Waals surface area contributed by atoms with Crippen LogP contribution in [0.15, 0.2) is 52.5 Å². The molecule has 1 unspecified atom stereocenters. The van der Waals surface area contributed by atoms with Crippen molar-refractivity contribution in [2.24, 2.45) is 28.7 Å². The highest BCUT2D eigenvalue weighted by Crippen LogP contribution is 2.39. The van der Waals surface area contributed by atoms with Crippen molar-refractivity contribution < 1.29 is 18.7 Å². The maximum absolute atomic E-state index is 14.3. The lowest BCUT2D eigenvalue weighted by Gasteiger charge is -2.33. The van der Waals surface area contributed by atoms with Crippen LogP contribution >= 0.6 is 0 Å². The Morgan fingerprint density at radius 3 is 2.80 bits per heavy atom. The number of carbonyl (C=O) groups is 2. The van der Waals surface area contributed by atoms with Crippen LogP contribution in [0.5, 0.6) is 5.75 Å². The summed E-state index contributed by atoms with van der Waals surface area (Å²) >= 11 is 0. The second-order valence-corrected chi connectivity index (χ2v) is 12.5. The fourth-order valence-corrected chi connectivity index (χ4v) is 6.75. The third kappa shape index (κ3) is 4.80. The van der Waals surface area contributed by atoms with Crippen LogP contribution in [-0.4, -0.2) is 81.5 Å². The fraction of sp³-hybridized carbons (Fsp3) is 0.364. The Morgan fingerprint density at radius 2 is 2.02 bits per heavy atom. The fourth-order valence-electron chi connectivity index (χ4n) is 6.75. The molecule has 1 saturated heterocycles. The van der Waals surface area contributed by atoms with Crippen LogP contribution in [-0.2, 0) is 13.6 Å². The standard InChI is InChI=1S/C33H33FN8O3/c1-40-29-24(7-20(11-28(29)45-2)32(43)41-15-22(34)12-23(35)16-41)37-31(40)27-10-19-6-5-18(9-26(19)42(27)14-17-3-4-17)21-8-25-30(36-13-21)39-33(44)38-25/h5-11,13,17,22-23,30H,3-4,12,14-16,35H2,1-2H3,(H,39,44)/t22-,23-,30?/m1/s1. The Hall–Kier alpha value is -4.84. The second kappa shape index (κ2) is 10.4. The van der Waals surface area contributed by atoms with Crippen molar-refractivity contribution in [2.45, 2.75) is 44.2 Å². The molecular weight excluding hydrogens is 575 g/mol. The third-order valence-electron chi connectivity index (χ3n) is 9.16. The number of urea groups is 1. The van der Waals surface area contributed by atoms with Crippen LogP contribution < -0.4 is 15.8 Å². The normalized spacial score (nSPS) is 22.9. The van der Waals surface area contributed by atoms with Gasteiger partial charge in [0.1, 0.15) is 17.4 Å². The number of rotatable bonds is 6. The molecule has 1 aliphatic carbocycles. The minimum Gasteiger partial charge on any atom is -0.494 e. The predicted molar refractivity (Wildman–Crippen MR) is 171 cm³/mol. The molecule has 4 aromatic rings. The number of hydrogen-bond acceptors (Lipinski definition) is 6. The summed E-state index contributed by atoms with van der Waals surface area (Å²) in [6, 6.07) is 11.2. The molecule has 0 bridgehead atoms. The number of ether oxygens (including phenoxy) is 1. The first kappa shape index (κ1) is 27.7. The number of halogens is 1. The number of nitrogens with two attached hydrogens (primary N) is 1. The lowest BCUT2D eigenvalue weighted by Crippen LogP contribution is -2.50. The molecule has 2 aromatic heterocycles. The van der Waals surface area contributed by atoms with Gasteiger partial charge < -0.3 is 29.8 Å². The predicted octanol–water partition coefficient (Wildman–Crippen LogP) is 4.08. The van der Waals surface area contributed by atoms with Crippen LogP contribution in [0.4, 0.5) is 9.18 Å². The summed E-state index contributed by atoms with van der Waals surface area (Å²) in [4.78, 5) is 40.3. The quantitative estimate of drug-likeness (QED) is 0.341. The molecule has 1 saturated carbocycles. The molecule has 8 rings (SSSR count). The van der Waals surface area contributed by atoms with E-state index in [0.29, 0.717) is 35.0 Å². The molecule has 3 aliphatic heterocycles. The second-order valence-electron chi connectivity index (χ2n) is 12.5.